The van der Waals surface area contributed by atoms with Gasteiger partial charge in [0.1, 0.15) is 17.1 Å². The highest BCUT2D eigenvalue weighted by molar-refractivity contribution is 6.38. The summed E-state index contributed by atoms with van der Waals surface area (Å²) >= 11 is 0. The van der Waals surface area contributed by atoms with Crippen molar-refractivity contribution >= 4 is 34.2 Å². The number of benzene rings is 2. The van der Waals surface area contributed by atoms with Gasteiger partial charge in [-0.15, -0.1) is 0 Å². The van der Waals surface area contributed by atoms with Gasteiger partial charge in [-0.3, -0.25) is 14.6 Å². The number of piperazine rings is 1. The number of furan rings is 1. The molecule has 0 aliphatic carbocycles. The molecule has 1 N–H and O–H groups in total. The maximum absolute atomic E-state index is 13.5. The summed E-state index contributed by atoms with van der Waals surface area (Å²) < 4.78 is 11.2. The van der Waals surface area contributed by atoms with Crippen LogP contribution in [0.2, 0.25) is 0 Å². The van der Waals surface area contributed by atoms with E-state index in [-0.39, 0.29) is 17.9 Å². The zero-order valence-electron chi connectivity index (χ0n) is 20.8. The molecule has 1 saturated heterocycles. The van der Waals surface area contributed by atoms with Gasteiger partial charge in [-0.1, -0.05) is 30.3 Å². The number of ether oxygens (including phenoxy) is 1. The fraction of sp³-hybridized carbons (Fsp3) is 0.321. The Morgan fingerprint density at radius 2 is 1.92 bits per heavy atom. The van der Waals surface area contributed by atoms with E-state index in [1.54, 1.807) is 23.8 Å². The second-order valence-electron chi connectivity index (χ2n) is 9.15. The summed E-state index contributed by atoms with van der Waals surface area (Å²) in [5.41, 5.74) is 3.43. The number of hydrogen-bond donors (Lipinski definition) is 1. The van der Waals surface area contributed by atoms with E-state index in [0.717, 1.165) is 22.9 Å². The third kappa shape index (κ3) is 4.46. The summed E-state index contributed by atoms with van der Waals surface area (Å²) in [5.74, 6) is 1.35. The summed E-state index contributed by atoms with van der Waals surface area (Å²) in [6.07, 6.45) is 2.64. The maximum atomic E-state index is 13.5. The van der Waals surface area contributed by atoms with Gasteiger partial charge in [0, 0.05) is 43.8 Å². The van der Waals surface area contributed by atoms with Gasteiger partial charge >= 0.3 is 0 Å². The van der Waals surface area contributed by atoms with Gasteiger partial charge in [-0.2, -0.15) is 0 Å². The molecule has 0 saturated carbocycles. The summed E-state index contributed by atoms with van der Waals surface area (Å²) in [7, 11) is 1.60. The Morgan fingerprint density at radius 3 is 2.67 bits per heavy atom. The number of nitrogens with zero attached hydrogens (tertiary/aromatic N) is 3. The van der Waals surface area contributed by atoms with Gasteiger partial charge in [-0.25, -0.2) is 0 Å². The number of aliphatic imine (C=N–C) groups is 1. The van der Waals surface area contributed by atoms with Crippen LogP contribution in [0, 0.1) is 6.92 Å². The van der Waals surface area contributed by atoms with Gasteiger partial charge in [0.15, 0.2) is 5.84 Å². The number of carbonyl (C=O) groups is 2. The molecule has 5 rings (SSSR count). The Balaban J connectivity index is 1.28. The molecule has 0 bridgehead atoms. The number of methoxy groups -OCH3 is 1. The van der Waals surface area contributed by atoms with Crippen LogP contribution in [0.15, 0.2) is 64.1 Å². The zero-order valence-corrected chi connectivity index (χ0v) is 20.8. The standard InChI is InChI=1S/C28H30N4O4/c1-18-17-31(27(33)25-19(2)36-24-10-9-22(35-3)15-23(24)25)13-14-32(18)28(34)26-29-12-11-21(16-30-26)20-7-5-4-6-8-20/h4-10,15-16,18H,11-14,17H2,1-3H3,(H,29,30). The number of nitrogens with one attached hydrogen (secondary N) is 1. The molecule has 186 valence electrons. The van der Waals surface area contributed by atoms with E-state index >= 15 is 0 Å². The largest absolute Gasteiger partial charge is 0.497 e. The van der Waals surface area contributed by atoms with Gasteiger partial charge in [0.25, 0.3) is 11.8 Å². The Kier molecular flexibility index (Phi) is 6.50. The maximum Gasteiger partial charge on any atom is 0.289 e. The first kappa shape index (κ1) is 23.7. The fourth-order valence-electron chi connectivity index (χ4n) is 4.90. The molecule has 1 unspecified atom stereocenters. The third-order valence-corrected chi connectivity index (χ3v) is 6.84. The van der Waals surface area contributed by atoms with E-state index in [2.05, 4.69) is 22.4 Å². The first-order valence-corrected chi connectivity index (χ1v) is 12.2. The second kappa shape index (κ2) is 9.89. The van der Waals surface area contributed by atoms with Gasteiger partial charge in [0.05, 0.1) is 12.7 Å². The van der Waals surface area contributed by atoms with E-state index in [0.29, 0.717) is 54.7 Å². The minimum Gasteiger partial charge on any atom is -0.497 e. The molecule has 8 heteroatoms. The quantitative estimate of drug-likeness (QED) is 0.605. The number of amidine groups is 1. The SMILES string of the molecule is COc1ccc2oc(C)c(C(=O)N3CCN(C(=O)C4=NCCC(c5ccccc5)=CN4)C(C)C3)c2c1. The molecule has 1 aromatic heterocycles. The minimum atomic E-state index is -0.159. The van der Waals surface area contributed by atoms with Gasteiger partial charge in [0.2, 0.25) is 0 Å². The molecular weight excluding hydrogens is 456 g/mol. The number of fused-ring (bicyclic) bond motifs is 1. The van der Waals surface area contributed by atoms with Crippen molar-refractivity contribution in [2.24, 2.45) is 4.99 Å². The monoisotopic (exact) mass is 486 g/mol. The van der Waals surface area contributed by atoms with Crippen molar-refractivity contribution in [2.45, 2.75) is 26.3 Å². The van der Waals surface area contributed by atoms with Crippen molar-refractivity contribution in [2.75, 3.05) is 33.3 Å². The van der Waals surface area contributed by atoms with Crippen LogP contribution in [-0.2, 0) is 4.79 Å². The molecule has 1 atom stereocenters. The molecule has 2 aliphatic heterocycles. The minimum absolute atomic E-state index is 0.0983. The predicted octanol–water partition coefficient (Wildman–Crippen LogP) is 3.86. The van der Waals surface area contributed by atoms with Crippen molar-refractivity contribution in [3.8, 4) is 5.75 Å². The smallest absolute Gasteiger partial charge is 0.289 e. The van der Waals surface area contributed by atoms with Gasteiger partial charge < -0.3 is 24.3 Å². The molecule has 0 radical (unpaired) electrons. The normalized spacial score (nSPS) is 18.2. The average Bonchev–Trinajstić information content (AvgIpc) is 3.05. The van der Waals surface area contributed by atoms with Crippen LogP contribution in [0.1, 0.15) is 35.0 Å². The Morgan fingerprint density at radius 1 is 1.11 bits per heavy atom. The lowest BCUT2D eigenvalue weighted by atomic mass is 10.0. The second-order valence-corrected chi connectivity index (χ2v) is 9.15. The number of aryl methyl sites for hydroxylation is 1. The van der Waals surface area contributed by atoms with Crippen LogP contribution in [-0.4, -0.2) is 66.8 Å². The fourth-order valence-corrected chi connectivity index (χ4v) is 4.90. The topological polar surface area (TPSA) is 87.4 Å². The lowest BCUT2D eigenvalue weighted by Gasteiger charge is -2.39. The molecule has 8 nitrogen and oxygen atoms in total. The van der Waals surface area contributed by atoms with Gasteiger partial charge in [-0.05, 0) is 49.6 Å². The van der Waals surface area contributed by atoms with E-state index < -0.39 is 0 Å². The van der Waals surface area contributed by atoms with E-state index in [4.69, 9.17) is 9.15 Å². The van der Waals surface area contributed by atoms with Crippen LogP contribution in [0.4, 0.5) is 0 Å². The van der Waals surface area contributed by atoms with E-state index in [1.807, 2.05) is 49.5 Å². The van der Waals surface area contributed by atoms with Crippen LogP contribution >= 0.6 is 0 Å². The highest BCUT2D eigenvalue weighted by atomic mass is 16.5. The third-order valence-electron chi connectivity index (χ3n) is 6.84. The number of rotatable bonds is 4. The molecule has 2 amide bonds. The lowest BCUT2D eigenvalue weighted by Crippen LogP contribution is -2.57. The lowest BCUT2D eigenvalue weighted by molar-refractivity contribution is -0.128. The summed E-state index contributed by atoms with van der Waals surface area (Å²) in [5, 5.41) is 3.87. The molecule has 3 aromatic rings. The zero-order chi connectivity index (χ0) is 25.2. The van der Waals surface area contributed by atoms with Crippen molar-refractivity contribution < 1.29 is 18.7 Å². The molecular formula is C28H30N4O4. The number of amides is 2. The Labute approximate surface area is 210 Å². The molecule has 2 aromatic carbocycles. The van der Waals surface area contributed by atoms with Crippen molar-refractivity contribution in [3.05, 3.63) is 71.6 Å². The molecule has 0 spiro atoms. The summed E-state index contributed by atoms with van der Waals surface area (Å²) in [6, 6.07) is 15.4. The van der Waals surface area contributed by atoms with Crippen LogP contribution in [0.3, 0.4) is 0 Å². The Hall–Kier alpha value is -4.07. The van der Waals surface area contributed by atoms with Crippen LogP contribution in [0.5, 0.6) is 5.75 Å². The van der Waals surface area contributed by atoms with Crippen molar-refractivity contribution in [3.63, 3.8) is 0 Å². The van der Waals surface area contributed by atoms with Crippen molar-refractivity contribution in [1.29, 1.82) is 0 Å². The highest BCUT2D eigenvalue weighted by Crippen LogP contribution is 2.30. The van der Waals surface area contributed by atoms with Crippen molar-refractivity contribution in [1.82, 2.24) is 15.1 Å². The first-order chi connectivity index (χ1) is 17.5. The first-order valence-electron chi connectivity index (χ1n) is 12.2. The molecule has 3 heterocycles. The van der Waals surface area contributed by atoms with Crippen LogP contribution in [0.25, 0.3) is 16.5 Å². The van der Waals surface area contributed by atoms with E-state index in [9.17, 15) is 9.59 Å². The molecule has 36 heavy (non-hydrogen) atoms. The van der Waals surface area contributed by atoms with E-state index in [1.165, 1.54) is 0 Å². The number of carbonyl (C=O) groups excluding carboxylic acids is 2. The average molecular weight is 487 g/mol. The highest BCUT2D eigenvalue weighted by Gasteiger charge is 2.34. The summed E-state index contributed by atoms with van der Waals surface area (Å²) in [6.45, 7) is 5.60. The molecule has 1 fully saturated rings. The summed E-state index contributed by atoms with van der Waals surface area (Å²) in [4.78, 5) is 35.0. The predicted molar refractivity (Wildman–Crippen MR) is 139 cm³/mol. The Bertz CT molecular complexity index is 1360. The molecule has 2 aliphatic rings. The van der Waals surface area contributed by atoms with Crippen LogP contribution < -0.4 is 10.1 Å². The number of hydrogen-bond acceptors (Lipinski definition) is 6.